The summed E-state index contributed by atoms with van der Waals surface area (Å²) in [7, 11) is 0. The minimum atomic E-state index is -0.0908. The van der Waals surface area contributed by atoms with E-state index in [1.807, 2.05) is 0 Å². The van der Waals surface area contributed by atoms with E-state index in [0.29, 0.717) is 47.1 Å². The molecular formula is C16H17Cl2N3O3. The quantitative estimate of drug-likeness (QED) is 0.717. The van der Waals surface area contributed by atoms with Gasteiger partial charge in [0.1, 0.15) is 5.75 Å². The van der Waals surface area contributed by atoms with Crippen molar-refractivity contribution in [1.29, 1.82) is 0 Å². The molecule has 2 aromatic rings. The van der Waals surface area contributed by atoms with Crippen LogP contribution in [-0.4, -0.2) is 22.7 Å². The average Bonchev–Trinajstić information content (AvgIpc) is 3.30. The number of amides is 1. The minimum Gasteiger partial charge on any atom is -0.492 e. The Morgan fingerprint density at radius 2 is 2.21 bits per heavy atom. The van der Waals surface area contributed by atoms with Gasteiger partial charge in [-0.2, -0.15) is 4.98 Å². The lowest BCUT2D eigenvalue weighted by molar-refractivity contribution is -0.121. The maximum atomic E-state index is 11.8. The molecule has 3 rings (SSSR count). The summed E-state index contributed by atoms with van der Waals surface area (Å²) in [5.74, 6) is 2.09. The fraction of sp³-hybridized carbons (Fsp3) is 0.438. The van der Waals surface area contributed by atoms with E-state index < -0.39 is 0 Å². The standard InChI is InChI=1S/C16H17Cl2N3O3/c17-11-5-6-13(12(18)8-11)23-7-1-2-14(22)19-9-15-20-16(21-24-15)10-3-4-10/h5-6,8,10H,1-4,7,9H2,(H,19,22). The van der Waals surface area contributed by atoms with Crippen molar-refractivity contribution in [3.8, 4) is 5.75 Å². The zero-order valence-corrected chi connectivity index (χ0v) is 14.4. The van der Waals surface area contributed by atoms with Crippen LogP contribution in [0, 0.1) is 0 Å². The molecule has 24 heavy (non-hydrogen) atoms. The van der Waals surface area contributed by atoms with E-state index in [-0.39, 0.29) is 12.5 Å². The molecule has 1 heterocycles. The molecule has 6 nitrogen and oxygen atoms in total. The molecule has 0 bridgehead atoms. The molecular weight excluding hydrogens is 353 g/mol. The fourth-order valence-corrected chi connectivity index (χ4v) is 2.58. The van der Waals surface area contributed by atoms with Gasteiger partial charge in [-0.25, -0.2) is 0 Å². The van der Waals surface area contributed by atoms with Crippen molar-refractivity contribution in [1.82, 2.24) is 15.5 Å². The number of halogens is 2. The summed E-state index contributed by atoms with van der Waals surface area (Å²) in [6, 6.07) is 5.03. The van der Waals surface area contributed by atoms with E-state index in [9.17, 15) is 4.79 Å². The Labute approximate surface area is 149 Å². The van der Waals surface area contributed by atoms with Crippen LogP contribution in [0.3, 0.4) is 0 Å². The molecule has 0 aliphatic heterocycles. The Bertz CT molecular complexity index is 716. The lowest BCUT2D eigenvalue weighted by Gasteiger charge is -2.08. The van der Waals surface area contributed by atoms with Gasteiger partial charge >= 0.3 is 0 Å². The molecule has 1 aromatic carbocycles. The van der Waals surface area contributed by atoms with Gasteiger partial charge in [0, 0.05) is 17.4 Å². The highest BCUT2D eigenvalue weighted by atomic mass is 35.5. The van der Waals surface area contributed by atoms with Crippen LogP contribution in [0.4, 0.5) is 0 Å². The van der Waals surface area contributed by atoms with Gasteiger partial charge in [0.15, 0.2) is 5.82 Å². The molecule has 1 aliphatic rings. The highest BCUT2D eigenvalue weighted by Gasteiger charge is 2.28. The van der Waals surface area contributed by atoms with E-state index in [0.717, 1.165) is 18.7 Å². The normalized spacial score (nSPS) is 13.8. The maximum absolute atomic E-state index is 11.8. The van der Waals surface area contributed by atoms with E-state index in [1.165, 1.54) is 0 Å². The van der Waals surface area contributed by atoms with Gasteiger partial charge in [-0.15, -0.1) is 0 Å². The van der Waals surface area contributed by atoms with Gasteiger partial charge in [-0.05, 0) is 37.5 Å². The van der Waals surface area contributed by atoms with Crippen molar-refractivity contribution in [3.05, 3.63) is 40.0 Å². The lowest BCUT2D eigenvalue weighted by atomic mass is 10.3. The molecule has 1 amide bonds. The SMILES string of the molecule is O=C(CCCOc1ccc(Cl)cc1Cl)NCc1nc(C2CC2)no1. The van der Waals surface area contributed by atoms with Gasteiger partial charge in [0.05, 0.1) is 18.2 Å². The summed E-state index contributed by atoms with van der Waals surface area (Å²) in [6.45, 7) is 0.642. The number of hydrogen-bond acceptors (Lipinski definition) is 5. The summed E-state index contributed by atoms with van der Waals surface area (Å²) in [4.78, 5) is 16.0. The molecule has 1 aliphatic carbocycles. The first-order valence-electron chi connectivity index (χ1n) is 7.79. The first-order chi connectivity index (χ1) is 11.6. The van der Waals surface area contributed by atoms with E-state index in [4.69, 9.17) is 32.5 Å². The van der Waals surface area contributed by atoms with E-state index in [1.54, 1.807) is 18.2 Å². The predicted octanol–water partition coefficient (Wildman–Crippen LogP) is 3.73. The van der Waals surface area contributed by atoms with E-state index in [2.05, 4.69) is 15.5 Å². The number of rotatable bonds is 8. The zero-order valence-electron chi connectivity index (χ0n) is 12.9. The summed E-state index contributed by atoms with van der Waals surface area (Å²) < 4.78 is 10.6. The summed E-state index contributed by atoms with van der Waals surface area (Å²) in [5, 5.41) is 7.66. The second kappa shape index (κ2) is 7.85. The predicted molar refractivity (Wildman–Crippen MR) is 89.3 cm³/mol. The van der Waals surface area contributed by atoms with Crippen LogP contribution in [0.15, 0.2) is 22.7 Å². The number of hydrogen-bond donors (Lipinski definition) is 1. The lowest BCUT2D eigenvalue weighted by Crippen LogP contribution is -2.23. The van der Waals surface area contributed by atoms with Gasteiger partial charge in [-0.1, -0.05) is 28.4 Å². The Morgan fingerprint density at radius 1 is 1.38 bits per heavy atom. The van der Waals surface area contributed by atoms with Crippen molar-refractivity contribution in [3.63, 3.8) is 0 Å². The summed E-state index contributed by atoms with van der Waals surface area (Å²) in [5.41, 5.74) is 0. The second-order valence-corrected chi connectivity index (χ2v) is 6.47. The maximum Gasteiger partial charge on any atom is 0.246 e. The molecule has 1 aromatic heterocycles. The van der Waals surface area contributed by atoms with Crippen LogP contribution >= 0.6 is 23.2 Å². The van der Waals surface area contributed by atoms with Crippen LogP contribution in [0.2, 0.25) is 10.0 Å². The number of benzene rings is 1. The van der Waals surface area contributed by atoms with Crippen LogP contribution in [0.5, 0.6) is 5.75 Å². The zero-order chi connectivity index (χ0) is 16.9. The number of nitrogens with one attached hydrogen (secondary N) is 1. The Hall–Kier alpha value is -1.79. The molecule has 0 unspecified atom stereocenters. The molecule has 128 valence electrons. The molecule has 0 radical (unpaired) electrons. The number of carbonyl (C=O) groups is 1. The van der Waals surface area contributed by atoms with Crippen LogP contribution in [-0.2, 0) is 11.3 Å². The second-order valence-electron chi connectivity index (χ2n) is 5.62. The van der Waals surface area contributed by atoms with Crippen molar-refractivity contribution < 1.29 is 14.1 Å². The highest BCUT2D eigenvalue weighted by molar-refractivity contribution is 6.35. The largest absolute Gasteiger partial charge is 0.492 e. The summed E-state index contributed by atoms with van der Waals surface area (Å²) in [6.07, 6.45) is 3.14. The molecule has 0 atom stereocenters. The third kappa shape index (κ3) is 4.85. The Morgan fingerprint density at radius 3 is 2.96 bits per heavy atom. The van der Waals surface area contributed by atoms with Gasteiger partial charge < -0.3 is 14.6 Å². The van der Waals surface area contributed by atoms with Crippen LogP contribution in [0.25, 0.3) is 0 Å². The molecule has 1 fully saturated rings. The molecule has 0 saturated heterocycles. The fourth-order valence-electron chi connectivity index (χ4n) is 2.12. The first-order valence-corrected chi connectivity index (χ1v) is 8.54. The third-order valence-electron chi connectivity index (χ3n) is 3.56. The number of nitrogens with zero attached hydrogens (tertiary/aromatic N) is 2. The monoisotopic (exact) mass is 369 g/mol. The smallest absolute Gasteiger partial charge is 0.246 e. The van der Waals surface area contributed by atoms with Crippen LogP contribution in [0.1, 0.15) is 43.3 Å². The highest BCUT2D eigenvalue weighted by Crippen LogP contribution is 2.38. The van der Waals surface area contributed by atoms with Crippen molar-refractivity contribution in [2.75, 3.05) is 6.61 Å². The van der Waals surface area contributed by atoms with E-state index >= 15 is 0 Å². The third-order valence-corrected chi connectivity index (χ3v) is 4.09. The van der Waals surface area contributed by atoms with Crippen molar-refractivity contribution in [2.45, 2.75) is 38.1 Å². The Kier molecular flexibility index (Phi) is 5.58. The molecule has 1 N–H and O–H groups in total. The molecule has 1 saturated carbocycles. The number of ether oxygens (including phenoxy) is 1. The first kappa shape index (κ1) is 17.0. The van der Waals surface area contributed by atoms with Crippen molar-refractivity contribution in [2.24, 2.45) is 0 Å². The summed E-state index contributed by atoms with van der Waals surface area (Å²) >= 11 is 11.8. The average molecular weight is 370 g/mol. The number of aromatic nitrogens is 2. The van der Waals surface area contributed by atoms with Gasteiger partial charge in [-0.3, -0.25) is 4.79 Å². The molecule has 0 spiro atoms. The van der Waals surface area contributed by atoms with Crippen molar-refractivity contribution >= 4 is 29.1 Å². The van der Waals surface area contributed by atoms with Crippen LogP contribution < -0.4 is 10.1 Å². The minimum absolute atomic E-state index is 0.0908. The topological polar surface area (TPSA) is 77.2 Å². The molecule has 8 heteroatoms. The van der Waals surface area contributed by atoms with Gasteiger partial charge in [0.2, 0.25) is 11.8 Å². The number of carbonyl (C=O) groups excluding carboxylic acids is 1. The van der Waals surface area contributed by atoms with Gasteiger partial charge in [0.25, 0.3) is 0 Å². The Balaban J connectivity index is 1.33.